The second-order valence-electron chi connectivity index (χ2n) is 7.63. The predicted octanol–water partition coefficient (Wildman–Crippen LogP) is 4.66. The van der Waals surface area contributed by atoms with Crippen molar-refractivity contribution in [1.29, 1.82) is 0 Å². The van der Waals surface area contributed by atoms with Crippen molar-refractivity contribution in [3.63, 3.8) is 0 Å². The fourth-order valence-electron chi connectivity index (χ4n) is 4.38. The minimum atomic E-state index is -0.507. The van der Waals surface area contributed by atoms with Crippen molar-refractivity contribution in [2.45, 2.75) is 18.7 Å². The van der Waals surface area contributed by atoms with Crippen molar-refractivity contribution < 1.29 is 24.1 Å². The molecule has 2 atom stereocenters. The van der Waals surface area contributed by atoms with Gasteiger partial charge in [0.05, 0.1) is 33.1 Å². The number of nitrogens with zero attached hydrogens (tertiary/aromatic N) is 2. The summed E-state index contributed by atoms with van der Waals surface area (Å²) < 4.78 is 23.0. The molecule has 7 nitrogen and oxygen atoms in total. The van der Waals surface area contributed by atoms with E-state index in [2.05, 4.69) is 6.07 Å². The first-order chi connectivity index (χ1) is 15.6. The summed E-state index contributed by atoms with van der Waals surface area (Å²) in [6.07, 6.45) is 0.144. The van der Waals surface area contributed by atoms with Gasteiger partial charge in [0.2, 0.25) is 12.0 Å². The maximum absolute atomic E-state index is 10.4. The van der Waals surface area contributed by atoms with Gasteiger partial charge in [-0.25, -0.2) is 5.01 Å². The quantitative estimate of drug-likeness (QED) is 0.632. The number of phenols is 1. The summed E-state index contributed by atoms with van der Waals surface area (Å²) in [4.78, 5) is 0. The SMILES string of the molecule is COc1cc([C@H]2Oc3ccccc3[C@H]3CC(c4ccccc4O)=NN32)cc(OC)c1OC. The molecule has 0 spiro atoms. The molecule has 2 heterocycles. The Labute approximate surface area is 186 Å². The van der Waals surface area contributed by atoms with Crippen molar-refractivity contribution >= 4 is 5.71 Å². The molecule has 0 bridgehead atoms. The Bertz CT molecular complexity index is 1170. The molecule has 0 saturated carbocycles. The van der Waals surface area contributed by atoms with Gasteiger partial charge in [0, 0.05) is 23.1 Å². The minimum absolute atomic E-state index is 0.0290. The molecule has 0 saturated heterocycles. The second kappa shape index (κ2) is 8.00. The van der Waals surface area contributed by atoms with E-state index in [1.807, 2.05) is 47.5 Å². The summed E-state index contributed by atoms with van der Waals surface area (Å²) in [6.45, 7) is 0. The number of fused-ring (bicyclic) bond motifs is 3. The summed E-state index contributed by atoms with van der Waals surface area (Å²) in [5.41, 5.74) is 3.42. The fourth-order valence-corrected chi connectivity index (χ4v) is 4.38. The van der Waals surface area contributed by atoms with Gasteiger partial charge in [-0.3, -0.25) is 0 Å². The van der Waals surface area contributed by atoms with Gasteiger partial charge < -0.3 is 24.1 Å². The average Bonchev–Trinajstić information content (AvgIpc) is 3.28. The van der Waals surface area contributed by atoms with Crippen LogP contribution in [0.1, 0.15) is 35.4 Å². The molecule has 0 fully saturated rings. The molecule has 164 valence electrons. The first kappa shape index (κ1) is 20.1. The van der Waals surface area contributed by atoms with E-state index in [4.69, 9.17) is 24.0 Å². The average molecular weight is 432 g/mol. The summed E-state index contributed by atoms with van der Waals surface area (Å²) in [7, 11) is 4.75. The van der Waals surface area contributed by atoms with Crippen LogP contribution >= 0.6 is 0 Å². The normalized spacial score (nSPS) is 18.8. The number of hydrogen-bond acceptors (Lipinski definition) is 7. The maximum Gasteiger partial charge on any atom is 0.214 e. The van der Waals surface area contributed by atoms with E-state index in [0.29, 0.717) is 23.7 Å². The smallest absolute Gasteiger partial charge is 0.214 e. The molecule has 0 amide bonds. The maximum atomic E-state index is 10.4. The Morgan fingerprint density at radius 3 is 2.31 bits per heavy atom. The van der Waals surface area contributed by atoms with E-state index in [1.54, 1.807) is 33.5 Å². The molecule has 32 heavy (non-hydrogen) atoms. The zero-order valence-electron chi connectivity index (χ0n) is 18.1. The Morgan fingerprint density at radius 2 is 1.62 bits per heavy atom. The third-order valence-electron chi connectivity index (χ3n) is 5.89. The van der Waals surface area contributed by atoms with Gasteiger partial charge in [0.15, 0.2) is 11.5 Å². The number of aromatic hydroxyl groups is 1. The molecule has 0 unspecified atom stereocenters. The van der Waals surface area contributed by atoms with Crippen LogP contribution < -0.4 is 18.9 Å². The van der Waals surface area contributed by atoms with Crippen LogP contribution in [0.4, 0.5) is 0 Å². The van der Waals surface area contributed by atoms with Gasteiger partial charge >= 0.3 is 0 Å². The monoisotopic (exact) mass is 432 g/mol. The van der Waals surface area contributed by atoms with Crippen molar-refractivity contribution in [3.05, 3.63) is 77.4 Å². The molecular weight excluding hydrogens is 408 g/mol. The Kier molecular flexibility index (Phi) is 5.01. The minimum Gasteiger partial charge on any atom is -0.507 e. The molecule has 7 heteroatoms. The second-order valence-corrected chi connectivity index (χ2v) is 7.63. The van der Waals surface area contributed by atoms with Gasteiger partial charge in [0.25, 0.3) is 0 Å². The van der Waals surface area contributed by atoms with Gasteiger partial charge in [-0.2, -0.15) is 5.10 Å². The highest BCUT2D eigenvalue weighted by Gasteiger charge is 2.41. The lowest BCUT2D eigenvalue weighted by atomic mass is 9.95. The highest BCUT2D eigenvalue weighted by molar-refractivity contribution is 6.04. The van der Waals surface area contributed by atoms with Crippen LogP contribution in [0.3, 0.4) is 0 Å². The largest absolute Gasteiger partial charge is 0.507 e. The number of hydrogen-bond donors (Lipinski definition) is 1. The van der Waals surface area contributed by atoms with Gasteiger partial charge in [-0.05, 0) is 30.3 Å². The van der Waals surface area contributed by atoms with E-state index in [-0.39, 0.29) is 11.8 Å². The van der Waals surface area contributed by atoms with Crippen LogP contribution in [0, 0.1) is 0 Å². The summed E-state index contributed by atoms with van der Waals surface area (Å²) in [6, 6.07) is 19.0. The predicted molar refractivity (Wildman–Crippen MR) is 120 cm³/mol. The van der Waals surface area contributed by atoms with Crippen LogP contribution in [0.15, 0.2) is 65.8 Å². The zero-order chi connectivity index (χ0) is 22.2. The summed E-state index contributed by atoms with van der Waals surface area (Å²) in [5.74, 6) is 2.63. The van der Waals surface area contributed by atoms with E-state index in [0.717, 1.165) is 28.2 Å². The van der Waals surface area contributed by atoms with Crippen molar-refractivity contribution in [2.24, 2.45) is 5.10 Å². The van der Waals surface area contributed by atoms with Gasteiger partial charge in [-0.1, -0.05) is 30.3 Å². The number of phenolic OH excluding ortho intramolecular Hbond substituents is 1. The van der Waals surface area contributed by atoms with Crippen LogP contribution in [-0.4, -0.2) is 37.2 Å². The summed E-state index contributed by atoms with van der Waals surface area (Å²) >= 11 is 0. The molecule has 2 aliphatic rings. The highest BCUT2D eigenvalue weighted by Crippen LogP contribution is 2.50. The molecule has 2 aliphatic heterocycles. The first-order valence-electron chi connectivity index (χ1n) is 10.3. The number of rotatable bonds is 5. The standard InChI is InChI=1S/C25H24N2O5/c1-29-22-12-15(13-23(30-2)24(22)31-3)25-27-19(17-9-5-7-11-21(17)32-25)14-18(26-27)16-8-4-6-10-20(16)28/h4-13,19,25,28H,14H2,1-3H3/t19-,25-/m1/s1. The molecule has 0 aliphatic carbocycles. The Balaban J connectivity index is 1.64. The number of benzene rings is 3. The van der Waals surface area contributed by atoms with Crippen LogP contribution in [0.25, 0.3) is 0 Å². The van der Waals surface area contributed by atoms with E-state index >= 15 is 0 Å². The zero-order valence-corrected chi connectivity index (χ0v) is 18.1. The van der Waals surface area contributed by atoms with Crippen molar-refractivity contribution in [2.75, 3.05) is 21.3 Å². The number of ether oxygens (including phenoxy) is 4. The Hall–Kier alpha value is -3.87. The molecule has 0 radical (unpaired) electrons. The van der Waals surface area contributed by atoms with Crippen LogP contribution in [0.5, 0.6) is 28.7 Å². The summed E-state index contributed by atoms with van der Waals surface area (Å²) in [5, 5.41) is 17.3. The van der Waals surface area contributed by atoms with Gasteiger partial charge in [-0.15, -0.1) is 0 Å². The van der Waals surface area contributed by atoms with E-state index < -0.39 is 6.23 Å². The van der Waals surface area contributed by atoms with E-state index in [1.165, 1.54) is 0 Å². The lowest BCUT2D eigenvalue weighted by molar-refractivity contribution is -0.0192. The van der Waals surface area contributed by atoms with Crippen LogP contribution in [0.2, 0.25) is 0 Å². The third kappa shape index (κ3) is 3.17. The Morgan fingerprint density at radius 1 is 0.938 bits per heavy atom. The van der Waals surface area contributed by atoms with Crippen molar-refractivity contribution in [1.82, 2.24) is 5.01 Å². The van der Waals surface area contributed by atoms with E-state index in [9.17, 15) is 5.11 Å². The van der Waals surface area contributed by atoms with Crippen LogP contribution in [-0.2, 0) is 0 Å². The lowest BCUT2D eigenvalue weighted by Crippen LogP contribution is -2.33. The molecular formula is C25H24N2O5. The van der Waals surface area contributed by atoms with Gasteiger partial charge in [0.1, 0.15) is 11.5 Å². The number of para-hydroxylation sites is 2. The molecule has 0 aromatic heterocycles. The molecule has 1 N–H and O–H groups in total. The number of hydrazone groups is 1. The third-order valence-corrected chi connectivity index (χ3v) is 5.89. The lowest BCUT2D eigenvalue weighted by Gasteiger charge is -2.38. The number of methoxy groups -OCH3 is 3. The van der Waals surface area contributed by atoms with Crippen molar-refractivity contribution in [3.8, 4) is 28.7 Å². The molecule has 5 rings (SSSR count). The molecule has 3 aromatic rings. The fraction of sp³-hybridized carbons (Fsp3) is 0.240. The first-order valence-corrected chi connectivity index (χ1v) is 10.3. The highest BCUT2D eigenvalue weighted by atomic mass is 16.5. The topological polar surface area (TPSA) is 72.8 Å². The molecule has 3 aromatic carbocycles.